The number of benzene rings is 1. The second kappa shape index (κ2) is 10.6. The summed E-state index contributed by atoms with van der Waals surface area (Å²) in [5.41, 5.74) is 1.64. The topological polar surface area (TPSA) is 83.5 Å². The summed E-state index contributed by atoms with van der Waals surface area (Å²) in [6, 6.07) is 8.67. The van der Waals surface area contributed by atoms with Gasteiger partial charge in [0, 0.05) is 18.3 Å². The predicted octanol–water partition coefficient (Wildman–Crippen LogP) is 8.03. The first-order chi connectivity index (χ1) is 20.6. The fraction of sp³-hybridized carbons (Fsp3) is 0.718. The van der Waals surface area contributed by atoms with Gasteiger partial charge in [0.25, 0.3) is 0 Å². The second-order valence-corrected chi connectivity index (χ2v) is 17.0. The predicted molar refractivity (Wildman–Crippen MR) is 174 cm³/mol. The van der Waals surface area contributed by atoms with Gasteiger partial charge < -0.3 is 10.4 Å². The summed E-state index contributed by atoms with van der Waals surface area (Å²) in [4.78, 5) is 40.1. The van der Waals surface area contributed by atoms with E-state index in [4.69, 9.17) is 0 Å². The minimum Gasteiger partial charge on any atom is -0.480 e. The average molecular weight is 602 g/mol. The molecule has 44 heavy (non-hydrogen) atoms. The van der Waals surface area contributed by atoms with E-state index < -0.39 is 17.4 Å². The molecule has 0 heterocycles. The molecule has 240 valence electrons. The Hall–Kier alpha value is -2.43. The summed E-state index contributed by atoms with van der Waals surface area (Å²) in [6.07, 6.45) is 10.0. The van der Waals surface area contributed by atoms with E-state index in [2.05, 4.69) is 53.4 Å². The zero-order valence-electron chi connectivity index (χ0n) is 28.0. The van der Waals surface area contributed by atoms with E-state index in [1.807, 2.05) is 30.3 Å². The first-order valence-corrected chi connectivity index (χ1v) is 17.4. The van der Waals surface area contributed by atoms with Crippen LogP contribution in [-0.4, -0.2) is 28.8 Å². The largest absolute Gasteiger partial charge is 0.480 e. The van der Waals surface area contributed by atoms with Gasteiger partial charge in [0.1, 0.15) is 11.8 Å². The Bertz CT molecular complexity index is 1350. The van der Waals surface area contributed by atoms with Crippen LogP contribution in [0.5, 0.6) is 0 Å². The number of rotatable bonds is 6. The van der Waals surface area contributed by atoms with Crippen LogP contribution < -0.4 is 5.32 Å². The van der Waals surface area contributed by atoms with Crippen LogP contribution in [0.25, 0.3) is 0 Å². The molecule has 10 atom stereocenters. The highest BCUT2D eigenvalue weighted by Crippen LogP contribution is 2.77. The van der Waals surface area contributed by atoms with Gasteiger partial charge in [-0.2, -0.15) is 0 Å². The number of ketones is 1. The van der Waals surface area contributed by atoms with E-state index >= 15 is 0 Å². The fourth-order valence-corrected chi connectivity index (χ4v) is 12.7. The van der Waals surface area contributed by atoms with Gasteiger partial charge in [-0.3, -0.25) is 9.59 Å². The van der Waals surface area contributed by atoms with E-state index in [9.17, 15) is 19.5 Å². The van der Waals surface area contributed by atoms with E-state index in [1.165, 1.54) is 5.57 Å². The zero-order valence-corrected chi connectivity index (χ0v) is 28.0. The molecule has 5 heteroatoms. The van der Waals surface area contributed by atoms with E-state index in [0.717, 1.165) is 63.4 Å². The molecule has 2 N–H and O–H groups in total. The van der Waals surface area contributed by atoms with Crippen molar-refractivity contribution in [2.75, 3.05) is 0 Å². The number of carbonyl (C=O) groups excluding carboxylic acids is 2. The highest BCUT2D eigenvalue weighted by Gasteiger charge is 2.72. The lowest BCUT2D eigenvalue weighted by Gasteiger charge is -2.72. The van der Waals surface area contributed by atoms with Crippen LogP contribution in [0.1, 0.15) is 111 Å². The molecule has 0 aliphatic heterocycles. The maximum absolute atomic E-state index is 14.5. The number of amides is 1. The third-order valence-electron chi connectivity index (χ3n) is 15.2. The molecule has 5 saturated carbocycles. The van der Waals surface area contributed by atoms with Crippen molar-refractivity contribution in [3.8, 4) is 0 Å². The monoisotopic (exact) mass is 601 g/mol. The molecule has 6 rings (SSSR count). The Morgan fingerprint density at radius 1 is 0.909 bits per heavy atom. The van der Waals surface area contributed by atoms with E-state index in [-0.39, 0.29) is 45.8 Å². The van der Waals surface area contributed by atoms with Crippen LogP contribution in [0.4, 0.5) is 0 Å². The highest BCUT2D eigenvalue weighted by atomic mass is 16.4. The summed E-state index contributed by atoms with van der Waals surface area (Å²) in [6.45, 7) is 18.7. The summed E-state index contributed by atoms with van der Waals surface area (Å²) in [5.74, 6) is 1.26. The van der Waals surface area contributed by atoms with E-state index in [1.54, 1.807) is 0 Å². The smallest absolute Gasteiger partial charge is 0.326 e. The van der Waals surface area contributed by atoms with Crippen molar-refractivity contribution in [2.24, 2.45) is 56.7 Å². The quantitative estimate of drug-likeness (QED) is 0.324. The number of fused-ring (bicyclic) bond motifs is 7. The number of aliphatic carboxylic acids is 1. The van der Waals surface area contributed by atoms with Crippen LogP contribution in [0.2, 0.25) is 0 Å². The first-order valence-electron chi connectivity index (χ1n) is 17.4. The summed E-state index contributed by atoms with van der Waals surface area (Å²) < 4.78 is 0. The number of carboxylic acid groups (broad SMARTS) is 1. The van der Waals surface area contributed by atoms with E-state index in [0.29, 0.717) is 30.0 Å². The van der Waals surface area contributed by atoms with Gasteiger partial charge in [0.15, 0.2) is 0 Å². The average Bonchev–Trinajstić information content (AvgIpc) is 3.37. The second-order valence-electron chi connectivity index (χ2n) is 17.0. The number of carboxylic acids is 1. The van der Waals surface area contributed by atoms with Crippen LogP contribution >= 0.6 is 0 Å². The highest BCUT2D eigenvalue weighted by molar-refractivity contribution is 5.88. The number of allylic oxidation sites excluding steroid dienone is 1. The van der Waals surface area contributed by atoms with Crippen molar-refractivity contribution in [1.29, 1.82) is 0 Å². The number of hydrogen-bond donors (Lipinski definition) is 2. The summed E-state index contributed by atoms with van der Waals surface area (Å²) >= 11 is 0. The molecule has 0 spiro atoms. The molecule has 5 aliphatic carbocycles. The van der Waals surface area contributed by atoms with Gasteiger partial charge >= 0.3 is 5.97 Å². The molecule has 0 unspecified atom stereocenters. The van der Waals surface area contributed by atoms with Gasteiger partial charge in [-0.05, 0) is 116 Å². The number of carbonyl (C=O) groups is 3. The van der Waals surface area contributed by atoms with Crippen molar-refractivity contribution < 1.29 is 19.5 Å². The Balaban J connectivity index is 1.33. The normalized spacial score (nSPS) is 43.0. The van der Waals surface area contributed by atoms with Crippen molar-refractivity contribution in [2.45, 2.75) is 118 Å². The third kappa shape index (κ3) is 4.33. The third-order valence-corrected chi connectivity index (χ3v) is 15.2. The van der Waals surface area contributed by atoms with Crippen LogP contribution in [-0.2, 0) is 20.8 Å². The standard InChI is InChI=1S/C39H55NO4/c1-24(2)26-15-20-39(34(44)40-28(33(42)43)23-25-11-9-8-10-12-25)22-21-37(6)27(32(26)39)13-14-30-36(5)18-17-31(41)35(3,4)29(36)16-19-38(30,37)7/h8-12,26-30,32H,1,13-23H2,2-7H3,(H,40,44)(H,42,43)/t26-,27+,28-,29-,30+,32+,36-,37+,38+,39-/m0/s1. The van der Waals surface area contributed by atoms with Crippen molar-refractivity contribution >= 4 is 17.7 Å². The molecule has 1 aromatic rings. The molecule has 1 aromatic carbocycles. The van der Waals surface area contributed by atoms with Gasteiger partial charge in [-0.25, -0.2) is 4.79 Å². The van der Waals surface area contributed by atoms with Gasteiger partial charge in [-0.1, -0.05) is 77.1 Å². The molecule has 1 amide bonds. The van der Waals surface area contributed by atoms with Gasteiger partial charge in [0.05, 0.1) is 5.41 Å². The summed E-state index contributed by atoms with van der Waals surface area (Å²) in [7, 11) is 0. The maximum Gasteiger partial charge on any atom is 0.326 e. The lowest BCUT2D eigenvalue weighted by molar-refractivity contribution is -0.233. The minimum atomic E-state index is -0.975. The molecule has 5 nitrogen and oxygen atoms in total. The molecule has 0 aromatic heterocycles. The van der Waals surface area contributed by atoms with Gasteiger partial charge in [0.2, 0.25) is 5.91 Å². The molecule has 0 bridgehead atoms. The van der Waals surface area contributed by atoms with Crippen molar-refractivity contribution in [3.05, 3.63) is 48.0 Å². The molecule has 5 aliphatic rings. The van der Waals surface area contributed by atoms with Crippen LogP contribution in [0, 0.1) is 56.7 Å². The molecular weight excluding hydrogens is 546 g/mol. The molecular formula is C39H55NO4. The maximum atomic E-state index is 14.5. The zero-order chi connectivity index (χ0) is 31.9. The minimum absolute atomic E-state index is 0.0490. The Labute approximate surface area is 265 Å². The van der Waals surface area contributed by atoms with Crippen LogP contribution in [0.15, 0.2) is 42.5 Å². The van der Waals surface area contributed by atoms with Crippen LogP contribution in [0.3, 0.4) is 0 Å². The summed E-state index contributed by atoms with van der Waals surface area (Å²) in [5, 5.41) is 13.3. The Kier molecular flexibility index (Phi) is 7.57. The number of hydrogen-bond acceptors (Lipinski definition) is 3. The molecule has 0 saturated heterocycles. The lowest BCUT2D eigenvalue weighted by Crippen LogP contribution is -2.67. The van der Waals surface area contributed by atoms with Gasteiger partial charge in [-0.15, -0.1) is 0 Å². The molecule has 5 fully saturated rings. The molecule has 0 radical (unpaired) electrons. The SMILES string of the molecule is C=C(C)[C@@H]1CC[C@]2(C(=O)N[C@@H](Cc3ccccc3)C(=O)O)CC[C@]3(C)[C@H](CC[C@@H]4[C@@]5(C)CCC(=O)C(C)(C)[C@@H]5CC[C@]43C)[C@@H]12. The van der Waals surface area contributed by atoms with Crippen molar-refractivity contribution in [1.82, 2.24) is 5.32 Å². The Morgan fingerprint density at radius 3 is 2.27 bits per heavy atom. The number of nitrogens with one attached hydrogen (secondary N) is 1. The first kappa shape index (κ1) is 31.5. The number of Topliss-reactive ketones (excluding diaryl/α,β-unsaturated/α-hetero) is 1. The fourth-order valence-electron chi connectivity index (χ4n) is 12.7. The Morgan fingerprint density at radius 2 is 1.61 bits per heavy atom. The van der Waals surface area contributed by atoms with Crippen molar-refractivity contribution in [3.63, 3.8) is 0 Å². The lowest BCUT2D eigenvalue weighted by atomic mass is 9.32.